The first-order valence-corrected chi connectivity index (χ1v) is 13.4. The van der Waals surface area contributed by atoms with E-state index in [1.807, 2.05) is 13.8 Å². The molecule has 0 aromatic heterocycles. The Morgan fingerprint density at radius 2 is 1.78 bits per heavy atom. The monoisotopic (exact) mass is 504 g/mol. The highest BCUT2D eigenvalue weighted by Crippen LogP contribution is 2.42. The Balaban J connectivity index is 2.80. The van der Waals surface area contributed by atoms with Gasteiger partial charge in [-0.3, -0.25) is 0 Å². The number of hydrogen-bond acceptors (Lipinski definition) is 4. The van der Waals surface area contributed by atoms with Gasteiger partial charge in [-0.2, -0.15) is 12.6 Å². The van der Waals surface area contributed by atoms with Crippen molar-refractivity contribution in [2.24, 2.45) is 11.5 Å². The molecule has 0 aliphatic heterocycles. The molecular weight excluding hydrogens is 460 g/mol. The molecule has 0 unspecified atom stereocenters. The molecule has 1 atom stereocenters. The zero-order valence-electron chi connectivity index (χ0n) is 23.1. The number of aryl methyl sites for hydroxylation is 2. The second-order valence-corrected chi connectivity index (χ2v) is 10.8. The van der Waals surface area contributed by atoms with E-state index in [1.165, 1.54) is 27.8 Å². The molecule has 1 aliphatic rings. The highest BCUT2D eigenvalue weighted by Gasteiger charge is 2.33. The largest absolute Gasteiger partial charge is 0.330 e. The molecule has 0 radical (unpaired) electrons. The summed E-state index contributed by atoms with van der Waals surface area (Å²) < 4.78 is -0.784. The number of hydrogen-bond donors (Lipinski definition) is 3. The van der Waals surface area contributed by atoms with Gasteiger partial charge in [0, 0.05) is 12.1 Å². The average molecular weight is 505 g/mol. The van der Waals surface area contributed by atoms with Crippen LogP contribution in [0.15, 0.2) is 70.4 Å². The fourth-order valence-corrected chi connectivity index (χ4v) is 5.62. The van der Waals surface area contributed by atoms with E-state index in [4.69, 9.17) is 24.1 Å². The number of carbonyl (C=O) groups excluding carboxylic acids is 1. The first-order valence-electron chi connectivity index (χ1n) is 12.9. The van der Waals surface area contributed by atoms with E-state index >= 15 is 0 Å². The third-order valence-electron chi connectivity index (χ3n) is 7.65. The molecule has 0 saturated carbocycles. The van der Waals surface area contributed by atoms with E-state index in [2.05, 4.69) is 58.1 Å². The Labute approximate surface area is 224 Å². The highest BCUT2D eigenvalue weighted by atomic mass is 32.1. The number of benzene rings is 1. The first-order chi connectivity index (χ1) is 17.0. The molecule has 4 heteroatoms. The van der Waals surface area contributed by atoms with Crippen molar-refractivity contribution in [2.75, 3.05) is 13.1 Å². The van der Waals surface area contributed by atoms with E-state index in [0.29, 0.717) is 31.5 Å². The summed E-state index contributed by atoms with van der Waals surface area (Å²) >= 11 is 5.05. The van der Waals surface area contributed by atoms with Crippen molar-refractivity contribution in [3.05, 3.63) is 92.6 Å². The highest BCUT2D eigenvalue weighted by molar-refractivity contribution is 7.82. The van der Waals surface area contributed by atoms with Crippen molar-refractivity contribution in [1.29, 1.82) is 0 Å². The summed E-state index contributed by atoms with van der Waals surface area (Å²) in [6, 6.07) is 4.42. The molecule has 1 aromatic rings. The SMILES string of the molecule is C=C(/C(C)=C/C(=C(/CCN)C(=C)C)[C@@](S)(CC)C(C)=C=O)/C(CN)=C1/CCCc2c(C)ccc(C)c21. The van der Waals surface area contributed by atoms with Crippen LogP contribution in [-0.2, 0) is 11.2 Å². The Hall–Kier alpha value is -2.36. The predicted molar refractivity (Wildman–Crippen MR) is 160 cm³/mol. The normalized spacial score (nSPS) is 17.4. The van der Waals surface area contributed by atoms with Crippen molar-refractivity contribution in [2.45, 2.75) is 78.4 Å². The van der Waals surface area contributed by atoms with Gasteiger partial charge in [-0.1, -0.05) is 43.9 Å². The van der Waals surface area contributed by atoms with Gasteiger partial charge in [0.25, 0.3) is 0 Å². The molecule has 194 valence electrons. The van der Waals surface area contributed by atoms with Crippen molar-refractivity contribution < 1.29 is 4.79 Å². The lowest BCUT2D eigenvalue weighted by atomic mass is 9.78. The maximum absolute atomic E-state index is 11.8. The molecule has 1 aromatic carbocycles. The second-order valence-electron chi connectivity index (χ2n) is 10.0. The zero-order valence-corrected chi connectivity index (χ0v) is 24.0. The predicted octanol–water partition coefficient (Wildman–Crippen LogP) is 6.93. The fraction of sp³-hybridized carbons (Fsp3) is 0.438. The smallest absolute Gasteiger partial charge is 0.125 e. The summed E-state index contributed by atoms with van der Waals surface area (Å²) in [6.45, 7) is 21.8. The molecule has 2 rings (SSSR count). The van der Waals surface area contributed by atoms with E-state index in [0.717, 1.165) is 52.7 Å². The van der Waals surface area contributed by atoms with Gasteiger partial charge in [-0.25, -0.2) is 4.79 Å². The Bertz CT molecular complexity index is 1190. The van der Waals surface area contributed by atoms with Crippen LogP contribution in [-0.4, -0.2) is 23.8 Å². The van der Waals surface area contributed by atoms with Gasteiger partial charge in [-0.15, -0.1) is 0 Å². The van der Waals surface area contributed by atoms with Gasteiger partial charge in [-0.05, 0) is 129 Å². The van der Waals surface area contributed by atoms with Crippen LogP contribution in [0.4, 0.5) is 0 Å². The standard InChI is InChI=1S/C32H44N2OS/c1-9-32(36,24(7)19-35)30(26(15-16-33)20(2)3)17-23(6)25(8)29(18-34)28-12-10-11-27-21(4)13-14-22(5)31(27)28/h13-14,17,36H,2,8-12,15-16,18,33-34H2,1,3-7H3/b23-17+,29-28-,30-26+/t32-/m1/s1. The summed E-state index contributed by atoms with van der Waals surface area (Å²) in [5.41, 5.74) is 25.5. The minimum atomic E-state index is -0.784. The van der Waals surface area contributed by atoms with E-state index in [-0.39, 0.29) is 0 Å². The van der Waals surface area contributed by atoms with Crippen LogP contribution in [0, 0.1) is 13.8 Å². The van der Waals surface area contributed by atoms with Gasteiger partial charge < -0.3 is 11.5 Å². The molecule has 0 amide bonds. The Morgan fingerprint density at radius 1 is 1.14 bits per heavy atom. The quantitative estimate of drug-likeness (QED) is 0.184. The molecule has 0 heterocycles. The number of rotatable bonds is 10. The van der Waals surface area contributed by atoms with Crippen LogP contribution in [0.5, 0.6) is 0 Å². The summed E-state index contributed by atoms with van der Waals surface area (Å²) in [7, 11) is 0. The number of nitrogens with two attached hydrogens (primary N) is 2. The lowest BCUT2D eigenvalue weighted by Crippen LogP contribution is -2.27. The van der Waals surface area contributed by atoms with Crippen molar-refractivity contribution >= 4 is 24.1 Å². The lowest BCUT2D eigenvalue weighted by molar-refractivity contribution is 0.563. The van der Waals surface area contributed by atoms with E-state index in [1.54, 1.807) is 6.92 Å². The van der Waals surface area contributed by atoms with Crippen LogP contribution in [0.25, 0.3) is 5.57 Å². The van der Waals surface area contributed by atoms with Gasteiger partial charge in [0.15, 0.2) is 0 Å². The molecule has 0 saturated heterocycles. The summed E-state index contributed by atoms with van der Waals surface area (Å²) in [6.07, 6.45) is 6.57. The van der Waals surface area contributed by atoms with Crippen molar-refractivity contribution in [3.8, 4) is 0 Å². The molecule has 0 spiro atoms. The molecule has 4 N–H and O–H groups in total. The molecule has 3 nitrogen and oxygen atoms in total. The third kappa shape index (κ3) is 5.95. The van der Waals surface area contributed by atoms with Crippen LogP contribution >= 0.6 is 12.6 Å². The molecule has 1 aliphatic carbocycles. The van der Waals surface area contributed by atoms with Gasteiger partial charge in [0.1, 0.15) is 5.94 Å². The van der Waals surface area contributed by atoms with Crippen molar-refractivity contribution in [1.82, 2.24) is 0 Å². The summed E-state index contributed by atoms with van der Waals surface area (Å²) in [4.78, 5) is 11.8. The van der Waals surface area contributed by atoms with Gasteiger partial charge in [0.2, 0.25) is 0 Å². The first kappa shape index (κ1) is 29.9. The van der Waals surface area contributed by atoms with Gasteiger partial charge >= 0.3 is 0 Å². The zero-order chi connectivity index (χ0) is 27.2. The summed E-state index contributed by atoms with van der Waals surface area (Å²) in [5, 5.41) is 0. The minimum absolute atomic E-state index is 0.411. The molecule has 0 bridgehead atoms. The molecule has 0 fully saturated rings. The lowest BCUT2D eigenvalue weighted by Gasteiger charge is -2.32. The summed E-state index contributed by atoms with van der Waals surface area (Å²) in [5.74, 6) is 2.10. The fourth-order valence-electron chi connectivity index (χ4n) is 5.37. The van der Waals surface area contributed by atoms with Gasteiger partial charge in [0.05, 0.1) is 4.75 Å². The van der Waals surface area contributed by atoms with E-state index < -0.39 is 4.75 Å². The van der Waals surface area contributed by atoms with Crippen LogP contribution in [0.2, 0.25) is 0 Å². The maximum atomic E-state index is 11.8. The number of thiol groups is 1. The Morgan fingerprint density at radius 3 is 2.31 bits per heavy atom. The number of fused-ring (bicyclic) bond motifs is 1. The number of allylic oxidation sites excluding steroid dienone is 4. The molecule has 36 heavy (non-hydrogen) atoms. The topological polar surface area (TPSA) is 69.1 Å². The van der Waals surface area contributed by atoms with Crippen LogP contribution < -0.4 is 11.5 Å². The van der Waals surface area contributed by atoms with Crippen LogP contribution in [0.3, 0.4) is 0 Å². The third-order valence-corrected chi connectivity index (χ3v) is 8.54. The maximum Gasteiger partial charge on any atom is 0.125 e. The average Bonchev–Trinajstić information content (AvgIpc) is 2.87. The molecular formula is C32H44N2OS. The van der Waals surface area contributed by atoms with E-state index in [9.17, 15) is 4.79 Å². The minimum Gasteiger partial charge on any atom is -0.330 e. The second kappa shape index (κ2) is 12.7. The Kier molecular flexibility index (Phi) is 10.6. The van der Waals surface area contributed by atoms with Crippen LogP contribution in [0.1, 0.15) is 75.6 Å². The van der Waals surface area contributed by atoms with Crippen molar-refractivity contribution in [3.63, 3.8) is 0 Å².